The van der Waals surface area contributed by atoms with Gasteiger partial charge in [-0.25, -0.2) is 4.99 Å². The maximum absolute atomic E-state index is 12.6. The maximum atomic E-state index is 12.6. The Morgan fingerprint density at radius 2 is 1.86 bits per heavy atom. The van der Waals surface area contributed by atoms with E-state index in [0.29, 0.717) is 18.4 Å². The molecule has 2 rings (SSSR count). The van der Waals surface area contributed by atoms with Crippen LogP contribution in [0.15, 0.2) is 35.3 Å². The van der Waals surface area contributed by atoms with Crippen LogP contribution in [0.2, 0.25) is 0 Å². The molecule has 1 heterocycles. The molecule has 0 radical (unpaired) electrons. The zero-order valence-electron chi connectivity index (χ0n) is 18.2. The second-order valence-electron chi connectivity index (χ2n) is 8.03. The third-order valence-corrected chi connectivity index (χ3v) is 5.29. The number of piperidine rings is 1. The number of carbonyl (C=O) groups excluding carboxylic acids is 1. The highest BCUT2D eigenvalue weighted by Crippen LogP contribution is 2.21. The van der Waals surface area contributed by atoms with Crippen molar-refractivity contribution in [2.24, 2.45) is 10.9 Å². The number of hydrogen-bond donors (Lipinski definition) is 2. The summed E-state index contributed by atoms with van der Waals surface area (Å²) in [5, 5.41) is 6.43. The Morgan fingerprint density at radius 1 is 1.21 bits per heavy atom. The zero-order chi connectivity index (χ0) is 20.4. The average Bonchev–Trinajstić information content (AvgIpc) is 2.71. The van der Waals surface area contributed by atoms with Gasteiger partial charge in [-0.15, -0.1) is 24.0 Å². The lowest BCUT2D eigenvalue weighted by Gasteiger charge is -2.32. The predicted molar refractivity (Wildman–Crippen MR) is 130 cm³/mol. The summed E-state index contributed by atoms with van der Waals surface area (Å²) in [7, 11) is 1.69. The van der Waals surface area contributed by atoms with E-state index in [2.05, 4.69) is 46.0 Å². The monoisotopic (exact) mass is 516 g/mol. The molecule has 1 aromatic carbocycles. The summed E-state index contributed by atoms with van der Waals surface area (Å²) in [5.74, 6) is 1.41. The molecular formula is C22H37IN4O2. The van der Waals surface area contributed by atoms with Crippen molar-refractivity contribution in [3.63, 3.8) is 0 Å². The SMILES string of the molecule is CCNC(=NCC(=O)N1CCC(Cc2ccccc2)CC1)NCC(C)(C)OC.I. The summed E-state index contributed by atoms with van der Waals surface area (Å²) in [6.07, 6.45) is 3.22. The third kappa shape index (κ3) is 9.33. The van der Waals surface area contributed by atoms with E-state index in [0.717, 1.165) is 38.9 Å². The van der Waals surface area contributed by atoms with Gasteiger partial charge in [-0.1, -0.05) is 30.3 Å². The van der Waals surface area contributed by atoms with Gasteiger partial charge in [0, 0.05) is 33.3 Å². The van der Waals surface area contributed by atoms with Crippen LogP contribution in [0.4, 0.5) is 0 Å². The summed E-state index contributed by atoms with van der Waals surface area (Å²) in [5.41, 5.74) is 1.10. The molecule has 6 nitrogen and oxygen atoms in total. The van der Waals surface area contributed by atoms with Crippen LogP contribution in [-0.4, -0.2) is 62.2 Å². The molecule has 1 fully saturated rings. The van der Waals surface area contributed by atoms with Gasteiger partial charge in [-0.05, 0) is 51.5 Å². The van der Waals surface area contributed by atoms with Gasteiger partial charge in [0.1, 0.15) is 6.54 Å². The van der Waals surface area contributed by atoms with E-state index in [4.69, 9.17) is 4.74 Å². The van der Waals surface area contributed by atoms with Crippen molar-refractivity contribution in [3.8, 4) is 0 Å². The fourth-order valence-corrected chi connectivity index (χ4v) is 3.29. The molecule has 29 heavy (non-hydrogen) atoms. The summed E-state index contributed by atoms with van der Waals surface area (Å²) in [6.45, 7) is 9.22. The minimum Gasteiger partial charge on any atom is -0.377 e. The van der Waals surface area contributed by atoms with Gasteiger partial charge in [0.15, 0.2) is 5.96 Å². The first-order valence-electron chi connectivity index (χ1n) is 10.3. The van der Waals surface area contributed by atoms with Crippen LogP contribution in [-0.2, 0) is 16.0 Å². The number of hydrogen-bond acceptors (Lipinski definition) is 3. The largest absolute Gasteiger partial charge is 0.377 e. The molecule has 0 saturated carbocycles. The first-order valence-corrected chi connectivity index (χ1v) is 10.3. The number of ether oxygens (including phenoxy) is 1. The maximum Gasteiger partial charge on any atom is 0.244 e. The average molecular weight is 516 g/mol. The van der Waals surface area contributed by atoms with Crippen molar-refractivity contribution < 1.29 is 9.53 Å². The van der Waals surface area contributed by atoms with Crippen molar-refractivity contribution in [1.29, 1.82) is 0 Å². The van der Waals surface area contributed by atoms with E-state index in [9.17, 15) is 4.79 Å². The molecular weight excluding hydrogens is 479 g/mol. The Hall–Kier alpha value is -1.35. The molecule has 164 valence electrons. The van der Waals surface area contributed by atoms with Gasteiger partial charge in [0.05, 0.1) is 5.60 Å². The predicted octanol–water partition coefficient (Wildman–Crippen LogP) is 3.07. The smallest absolute Gasteiger partial charge is 0.244 e. The highest BCUT2D eigenvalue weighted by Gasteiger charge is 2.23. The van der Waals surface area contributed by atoms with E-state index >= 15 is 0 Å². The number of guanidine groups is 1. The second-order valence-corrected chi connectivity index (χ2v) is 8.03. The first-order chi connectivity index (χ1) is 13.4. The number of nitrogens with zero attached hydrogens (tertiary/aromatic N) is 2. The molecule has 0 atom stereocenters. The lowest BCUT2D eigenvalue weighted by molar-refractivity contribution is -0.130. The van der Waals surface area contributed by atoms with Crippen molar-refractivity contribution in [3.05, 3.63) is 35.9 Å². The van der Waals surface area contributed by atoms with Crippen LogP contribution in [0.5, 0.6) is 0 Å². The van der Waals surface area contributed by atoms with Crippen LogP contribution in [0.1, 0.15) is 39.2 Å². The molecule has 2 N–H and O–H groups in total. The van der Waals surface area contributed by atoms with Crippen molar-refractivity contribution in [2.45, 2.75) is 45.6 Å². The number of nitrogens with one attached hydrogen (secondary N) is 2. The molecule has 7 heteroatoms. The number of carbonyl (C=O) groups is 1. The minimum absolute atomic E-state index is 0. The fraction of sp³-hybridized carbons (Fsp3) is 0.636. The highest BCUT2D eigenvalue weighted by molar-refractivity contribution is 14.0. The van der Waals surface area contributed by atoms with E-state index in [1.807, 2.05) is 25.7 Å². The Bertz CT molecular complexity index is 629. The van der Waals surface area contributed by atoms with E-state index in [1.165, 1.54) is 5.56 Å². The quantitative estimate of drug-likeness (QED) is 0.317. The lowest BCUT2D eigenvalue weighted by Crippen LogP contribution is -2.46. The summed E-state index contributed by atoms with van der Waals surface area (Å²) in [4.78, 5) is 19.0. The number of halogens is 1. The number of methoxy groups -OCH3 is 1. The van der Waals surface area contributed by atoms with Crippen molar-refractivity contribution in [1.82, 2.24) is 15.5 Å². The number of amides is 1. The standard InChI is InChI=1S/C22H36N4O2.HI/c1-5-23-21(25-17-22(2,3)28-4)24-16-20(27)26-13-11-19(12-14-26)15-18-9-7-6-8-10-18;/h6-10,19H,5,11-17H2,1-4H3,(H2,23,24,25);1H. The molecule has 1 aliphatic heterocycles. The van der Waals surface area contributed by atoms with Crippen LogP contribution in [0.25, 0.3) is 0 Å². The number of aliphatic imine (C=N–C) groups is 1. The summed E-state index contributed by atoms with van der Waals surface area (Å²) >= 11 is 0. The van der Waals surface area contributed by atoms with E-state index in [1.54, 1.807) is 7.11 Å². The lowest BCUT2D eigenvalue weighted by atomic mass is 9.90. The summed E-state index contributed by atoms with van der Waals surface area (Å²) in [6, 6.07) is 10.6. The third-order valence-electron chi connectivity index (χ3n) is 5.29. The van der Waals surface area contributed by atoms with E-state index in [-0.39, 0.29) is 42.0 Å². The van der Waals surface area contributed by atoms with Crippen molar-refractivity contribution in [2.75, 3.05) is 39.8 Å². The molecule has 0 unspecified atom stereocenters. The van der Waals surface area contributed by atoms with Crippen LogP contribution < -0.4 is 10.6 Å². The second kappa shape index (κ2) is 13.1. The van der Waals surface area contributed by atoms with Gasteiger partial charge < -0.3 is 20.3 Å². The Labute approximate surface area is 192 Å². The van der Waals surface area contributed by atoms with Gasteiger partial charge in [0.25, 0.3) is 0 Å². The number of rotatable bonds is 8. The fourth-order valence-electron chi connectivity index (χ4n) is 3.29. The molecule has 0 aliphatic carbocycles. The number of likely N-dealkylation sites (tertiary alicyclic amines) is 1. The Balaban J connectivity index is 0.00000420. The van der Waals surface area contributed by atoms with Gasteiger partial charge in [-0.2, -0.15) is 0 Å². The van der Waals surface area contributed by atoms with Crippen LogP contribution in [0, 0.1) is 5.92 Å². The molecule has 1 aromatic rings. The first kappa shape index (κ1) is 25.7. The number of benzene rings is 1. The molecule has 1 saturated heterocycles. The molecule has 0 bridgehead atoms. The summed E-state index contributed by atoms with van der Waals surface area (Å²) < 4.78 is 5.42. The van der Waals surface area contributed by atoms with Crippen molar-refractivity contribution >= 4 is 35.8 Å². The zero-order valence-corrected chi connectivity index (χ0v) is 20.6. The van der Waals surface area contributed by atoms with Gasteiger partial charge in [-0.3, -0.25) is 4.79 Å². The topological polar surface area (TPSA) is 66.0 Å². The normalized spacial score (nSPS) is 15.6. The van der Waals surface area contributed by atoms with E-state index < -0.39 is 0 Å². The van der Waals surface area contributed by atoms with Crippen LogP contribution >= 0.6 is 24.0 Å². The molecule has 0 aromatic heterocycles. The van der Waals surface area contributed by atoms with Crippen LogP contribution in [0.3, 0.4) is 0 Å². The Morgan fingerprint density at radius 3 is 2.45 bits per heavy atom. The molecule has 1 aliphatic rings. The Kier molecular flexibility index (Phi) is 11.6. The van der Waals surface area contributed by atoms with Gasteiger partial charge in [0.2, 0.25) is 5.91 Å². The molecule has 1 amide bonds. The molecule has 0 spiro atoms. The minimum atomic E-state index is -0.291. The van der Waals surface area contributed by atoms with Gasteiger partial charge >= 0.3 is 0 Å². The highest BCUT2D eigenvalue weighted by atomic mass is 127.